The number of hydrogen-bond acceptors (Lipinski definition) is 7. The van der Waals surface area contributed by atoms with Gasteiger partial charge in [-0.25, -0.2) is 4.98 Å². The third-order valence-corrected chi connectivity index (χ3v) is 7.02. The number of hydrogen-bond donors (Lipinski definition) is 3. The first kappa shape index (κ1) is 23.8. The van der Waals surface area contributed by atoms with E-state index >= 15 is 0 Å². The number of anilines is 2. The van der Waals surface area contributed by atoms with E-state index in [0.29, 0.717) is 30.3 Å². The summed E-state index contributed by atoms with van der Waals surface area (Å²) in [6, 6.07) is 7.24. The number of rotatable bonds is 5. The fourth-order valence-electron chi connectivity index (χ4n) is 4.20. The van der Waals surface area contributed by atoms with E-state index in [9.17, 15) is 14.3 Å². The molecule has 1 unspecified atom stereocenters. The van der Waals surface area contributed by atoms with Gasteiger partial charge in [-0.2, -0.15) is 4.39 Å². The monoisotopic (exact) mass is 536 g/mol. The van der Waals surface area contributed by atoms with Crippen LogP contribution in [0.3, 0.4) is 0 Å². The number of fused-ring (bicyclic) bond motifs is 1. The van der Waals surface area contributed by atoms with E-state index in [1.165, 1.54) is 7.05 Å². The van der Waals surface area contributed by atoms with Gasteiger partial charge < -0.3 is 25.5 Å². The van der Waals surface area contributed by atoms with Crippen molar-refractivity contribution in [2.24, 2.45) is 0 Å². The number of aliphatic hydroxyl groups excluding tert-OH is 1. The first-order valence-electron chi connectivity index (χ1n) is 10.8. The standard InChI is InChI=1S/C22H26BrFN6O2S/c1-3-30-21(33)18-14(23)10-13(11-16(18)27-22(30)32)12-28-6-8-29(9-7-28)17-5-4-15(20(31)25-2)26-19(17)24/h4-5,10-11,22,27,32H,3,6-9,12H2,1-2H3,(H,25,31). The van der Waals surface area contributed by atoms with E-state index in [1.54, 1.807) is 17.0 Å². The molecule has 3 N–H and O–H groups in total. The number of benzene rings is 1. The Bertz CT molecular complexity index is 1080. The molecule has 1 aromatic heterocycles. The number of thiocarbonyl (C=S) groups is 1. The van der Waals surface area contributed by atoms with Crippen LogP contribution in [-0.2, 0) is 6.54 Å². The van der Waals surface area contributed by atoms with Gasteiger partial charge in [0.2, 0.25) is 12.3 Å². The zero-order valence-electron chi connectivity index (χ0n) is 18.4. The average Bonchev–Trinajstić information content (AvgIpc) is 2.79. The fraction of sp³-hybridized carbons (Fsp3) is 0.409. The second kappa shape index (κ2) is 9.88. The van der Waals surface area contributed by atoms with Crippen molar-refractivity contribution in [3.63, 3.8) is 0 Å². The molecule has 176 valence electrons. The fourth-order valence-corrected chi connectivity index (χ4v) is 5.47. The van der Waals surface area contributed by atoms with Crippen LogP contribution in [0, 0.1) is 5.95 Å². The Hall–Kier alpha value is -2.34. The van der Waals surface area contributed by atoms with Crippen LogP contribution in [0.15, 0.2) is 28.7 Å². The number of aliphatic hydroxyl groups is 1. The molecule has 0 saturated carbocycles. The van der Waals surface area contributed by atoms with Gasteiger partial charge in [-0.05, 0) is 52.7 Å². The number of aromatic nitrogens is 1. The maximum atomic E-state index is 14.5. The SMILES string of the molecule is CCN1C(=S)c2c(Br)cc(CN3CCN(c4ccc(C(=O)NC)nc4F)CC3)cc2NC1O. The summed E-state index contributed by atoms with van der Waals surface area (Å²) in [5, 5.41) is 15.9. The van der Waals surface area contributed by atoms with E-state index < -0.39 is 18.2 Å². The van der Waals surface area contributed by atoms with Crippen LogP contribution in [-0.4, -0.2) is 76.9 Å². The molecule has 1 atom stereocenters. The van der Waals surface area contributed by atoms with Gasteiger partial charge in [0, 0.05) is 62.0 Å². The maximum absolute atomic E-state index is 14.5. The number of carbonyl (C=O) groups is 1. The predicted molar refractivity (Wildman–Crippen MR) is 133 cm³/mol. The van der Waals surface area contributed by atoms with E-state index in [-0.39, 0.29) is 5.69 Å². The van der Waals surface area contributed by atoms with E-state index in [4.69, 9.17) is 12.2 Å². The highest BCUT2D eigenvalue weighted by molar-refractivity contribution is 9.10. The minimum Gasteiger partial charge on any atom is -0.365 e. The number of piperazine rings is 1. The third kappa shape index (κ3) is 4.81. The smallest absolute Gasteiger partial charge is 0.269 e. The van der Waals surface area contributed by atoms with Crippen molar-refractivity contribution in [2.45, 2.75) is 19.8 Å². The Morgan fingerprint density at radius 3 is 2.70 bits per heavy atom. The van der Waals surface area contributed by atoms with Crippen LogP contribution in [0.2, 0.25) is 0 Å². The summed E-state index contributed by atoms with van der Waals surface area (Å²) in [5.41, 5.74) is 3.25. The Morgan fingerprint density at radius 1 is 1.33 bits per heavy atom. The van der Waals surface area contributed by atoms with Gasteiger partial charge >= 0.3 is 0 Å². The highest BCUT2D eigenvalue weighted by Crippen LogP contribution is 2.33. The molecule has 0 radical (unpaired) electrons. The Kier molecular flexibility index (Phi) is 7.13. The van der Waals surface area contributed by atoms with Crippen molar-refractivity contribution in [2.75, 3.05) is 50.0 Å². The van der Waals surface area contributed by atoms with Gasteiger partial charge in [0.1, 0.15) is 10.7 Å². The van der Waals surface area contributed by atoms with Crippen LogP contribution >= 0.6 is 28.1 Å². The van der Waals surface area contributed by atoms with E-state index in [0.717, 1.165) is 40.9 Å². The van der Waals surface area contributed by atoms with E-state index in [2.05, 4.69) is 42.5 Å². The Morgan fingerprint density at radius 2 is 2.06 bits per heavy atom. The molecule has 1 aromatic carbocycles. The number of pyridine rings is 1. The first-order chi connectivity index (χ1) is 15.8. The van der Waals surface area contributed by atoms with E-state index in [1.807, 2.05) is 17.9 Å². The van der Waals surface area contributed by atoms with Crippen LogP contribution in [0.4, 0.5) is 15.8 Å². The lowest BCUT2D eigenvalue weighted by Crippen LogP contribution is -2.48. The van der Waals surface area contributed by atoms with Gasteiger partial charge in [-0.15, -0.1) is 0 Å². The summed E-state index contributed by atoms with van der Waals surface area (Å²) in [6.07, 6.45) is -0.848. The van der Waals surface area contributed by atoms with Gasteiger partial charge in [0.05, 0.1) is 5.69 Å². The quantitative estimate of drug-likeness (QED) is 0.396. The van der Waals surface area contributed by atoms with Crippen molar-refractivity contribution in [3.8, 4) is 0 Å². The minimum absolute atomic E-state index is 0.0654. The molecular formula is C22H26BrFN6O2S. The zero-order valence-corrected chi connectivity index (χ0v) is 20.8. The van der Waals surface area contributed by atoms with Crippen molar-refractivity contribution in [1.82, 2.24) is 20.1 Å². The molecule has 2 aromatic rings. The number of nitrogens with one attached hydrogen (secondary N) is 2. The summed E-state index contributed by atoms with van der Waals surface area (Å²) in [4.78, 5) is 22.1. The molecule has 0 aliphatic carbocycles. The molecule has 0 bridgehead atoms. The van der Waals surface area contributed by atoms with Crippen molar-refractivity contribution in [3.05, 3.63) is 51.5 Å². The largest absolute Gasteiger partial charge is 0.365 e. The molecule has 1 fully saturated rings. The summed E-state index contributed by atoms with van der Waals surface area (Å²) in [5.74, 6) is -1.04. The molecule has 1 saturated heterocycles. The molecule has 0 spiro atoms. The van der Waals surface area contributed by atoms with Gasteiger partial charge in [-0.3, -0.25) is 9.69 Å². The lowest BCUT2D eigenvalue weighted by molar-refractivity contribution is 0.0819. The van der Waals surface area contributed by atoms with Gasteiger partial charge in [0.25, 0.3) is 5.91 Å². The van der Waals surface area contributed by atoms with Crippen molar-refractivity contribution >= 4 is 50.4 Å². The molecule has 3 heterocycles. The highest BCUT2D eigenvalue weighted by atomic mass is 79.9. The summed E-state index contributed by atoms with van der Waals surface area (Å²) >= 11 is 9.22. The van der Waals surface area contributed by atoms with Crippen molar-refractivity contribution in [1.29, 1.82) is 0 Å². The average molecular weight is 537 g/mol. The lowest BCUT2D eigenvalue weighted by atomic mass is 10.1. The third-order valence-electron chi connectivity index (χ3n) is 5.95. The number of halogens is 2. The first-order valence-corrected chi connectivity index (χ1v) is 12.0. The zero-order chi connectivity index (χ0) is 23.7. The lowest BCUT2D eigenvalue weighted by Gasteiger charge is -2.38. The maximum Gasteiger partial charge on any atom is 0.269 e. The van der Waals surface area contributed by atoms with Crippen LogP contribution in [0.25, 0.3) is 0 Å². The summed E-state index contributed by atoms with van der Waals surface area (Å²) < 4.78 is 15.4. The van der Waals surface area contributed by atoms with Crippen LogP contribution < -0.4 is 15.5 Å². The Labute approximate surface area is 205 Å². The van der Waals surface area contributed by atoms with Crippen molar-refractivity contribution < 1.29 is 14.3 Å². The highest BCUT2D eigenvalue weighted by Gasteiger charge is 2.29. The molecule has 33 heavy (non-hydrogen) atoms. The predicted octanol–water partition coefficient (Wildman–Crippen LogP) is 2.36. The molecule has 8 nitrogen and oxygen atoms in total. The molecular weight excluding hydrogens is 511 g/mol. The second-order valence-corrected chi connectivity index (χ2v) is 9.20. The summed E-state index contributed by atoms with van der Waals surface area (Å²) in [7, 11) is 1.49. The van der Waals surface area contributed by atoms with Gasteiger partial charge in [-0.1, -0.05) is 12.2 Å². The topological polar surface area (TPSA) is 84.0 Å². The molecule has 11 heteroatoms. The number of carbonyl (C=O) groups excluding carboxylic acids is 1. The minimum atomic E-state index is -0.848. The van der Waals surface area contributed by atoms with Gasteiger partial charge in [0.15, 0.2) is 0 Å². The second-order valence-electron chi connectivity index (χ2n) is 7.96. The number of amides is 1. The van der Waals surface area contributed by atoms with Crippen LogP contribution in [0.5, 0.6) is 0 Å². The molecule has 4 rings (SSSR count). The van der Waals surface area contributed by atoms with Crippen LogP contribution in [0.1, 0.15) is 28.5 Å². The number of nitrogens with zero attached hydrogens (tertiary/aromatic N) is 4. The normalized spacial score (nSPS) is 18.7. The molecule has 2 aliphatic rings. The Balaban J connectivity index is 1.42. The molecule has 2 aliphatic heterocycles. The summed E-state index contributed by atoms with van der Waals surface area (Å²) in [6.45, 7) is 6.08. The molecule has 1 amide bonds.